The van der Waals surface area contributed by atoms with Gasteiger partial charge in [0.05, 0.1) is 24.6 Å². The molecule has 0 saturated carbocycles. The highest BCUT2D eigenvalue weighted by atomic mass is 16.5. The fraction of sp³-hybridized carbons (Fsp3) is 0.375. The minimum atomic E-state index is -0.0518. The van der Waals surface area contributed by atoms with Crippen LogP contribution in [0.25, 0.3) is 6.08 Å². The predicted molar refractivity (Wildman–Crippen MR) is 164 cm³/mol. The highest BCUT2D eigenvalue weighted by Crippen LogP contribution is 2.38. The van der Waals surface area contributed by atoms with Crippen molar-refractivity contribution in [3.63, 3.8) is 0 Å². The lowest BCUT2D eigenvalue weighted by Crippen LogP contribution is -2.48. The Morgan fingerprint density at radius 3 is 2.20 bits per heavy atom. The highest BCUT2D eigenvalue weighted by molar-refractivity contribution is 5.97. The SMILES string of the molecule is CCCCOc1cc(C=CC(=O)N2CCN(c3ccc(N=C(N)c4ccc[nH]4)cc3)CC2)cc(OCCCC)c1O. The zero-order valence-electron chi connectivity index (χ0n) is 24.0. The van der Waals surface area contributed by atoms with Gasteiger partial charge in [-0.1, -0.05) is 26.7 Å². The second kappa shape index (κ2) is 14.8. The lowest BCUT2D eigenvalue weighted by atomic mass is 10.1. The van der Waals surface area contributed by atoms with Crippen molar-refractivity contribution in [1.29, 1.82) is 0 Å². The number of nitrogens with zero attached hydrogens (tertiary/aromatic N) is 3. The summed E-state index contributed by atoms with van der Waals surface area (Å²) in [4.78, 5) is 24.6. The second-order valence-corrected chi connectivity index (χ2v) is 10.0. The number of phenolic OH excluding ortho intramolecular Hbond substituents is 1. The number of H-pyrrole nitrogens is 1. The summed E-state index contributed by atoms with van der Waals surface area (Å²) in [5, 5.41) is 10.6. The third-order valence-electron chi connectivity index (χ3n) is 6.92. The number of unbranched alkanes of at least 4 members (excludes halogenated alkanes) is 2. The Morgan fingerprint density at radius 2 is 1.63 bits per heavy atom. The Hall–Kier alpha value is -4.40. The molecule has 9 nitrogen and oxygen atoms in total. The molecule has 4 N–H and O–H groups in total. The molecule has 0 atom stereocenters. The average molecular weight is 560 g/mol. The first-order valence-corrected chi connectivity index (χ1v) is 14.4. The minimum Gasteiger partial charge on any atom is -0.502 e. The molecule has 2 heterocycles. The standard InChI is InChI=1S/C32H41N5O4/c1-3-5-20-40-28-22-24(23-29(31(28)39)41-21-6-4-2)9-14-30(38)37-18-16-36(17-19-37)26-12-10-25(11-13-26)35-32(33)27-8-7-15-34-27/h7-15,22-23,34,39H,3-6,16-21H2,1-2H3,(H2,33,35). The first-order chi connectivity index (χ1) is 20.0. The molecule has 218 valence electrons. The summed E-state index contributed by atoms with van der Waals surface area (Å²) in [6.07, 6.45) is 8.90. The second-order valence-electron chi connectivity index (χ2n) is 10.0. The average Bonchev–Trinajstić information content (AvgIpc) is 3.54. The number of aromatic nitrogens is 1. The van der Waals surface area contributed by atoms with Crippen LogP contribution in [0, 0.1) is 0 Å². The van der Waals surface area contributed by atoms with Crippen molar-refractivity contribution in [1.82, 2.24) is 9.88 Å². The third kappa shape index (κ3) is 8.30. The quantitative estimate of drug-likeness (QED) is 0.111. The van der Waals surface area contributed by atoms with Crippen LogP contribution in [0.3, 0.4) is 0 Å². The van der Waals surface area contributed by atoms with Crippen LogP contribution in [-0.2, 0) is 4.79 Å². The van der Waals surface area contributed by atoms with Gasteiger partial charge in [-0.05, 0) is 73.0 Å². The van der Waals surface area contributed by atoms with Gasteiger partial charge in [0, 0.05) is 44.1 Å². The molecule has 1 aliphatic rings. The van der Waals surface area contributed by atoms with Gasteiger partial charge in [0.25, 0.3) is 0 Å². The smallest absolute Gasteiger partial charge is 0.246 e. The van der Waals surface area contributed by atoms with E-state index < -0.39 is 0 Å². The van der Waals surface area contributed by atoms with E-state index in [9.17, 15) is 9.90 Å². The fourth-order valence-corrected chi connectivity index (χ4v) is 4.46. The molecular weight excluding hydrogens is 518 g/mol. The summed E-state index contributed by atoms with van der Waals surface area (Å²) in [6.45, 7) is 7.89. The van der Waals surface area contributed by atoms with Gasteiger partial charge in [-0.2, -0.15) is 0 Å². The van der Waals surface area contributed by atoms with Gasteiger partial charge in [0.1, 0.15) is 5.84 Å². The Bertz CT molecular complexity index is 1280. The minimum absolute atomic E-state index is 0.000577. The number of piperazine rings is 1. The van der Waals surface area contributed by atoms with E-state index in [0.29, 0.717) is 43.6 Å². The maximum absolute atomic E-state index is 13.0. The van der Waals surface area contributed by atoms with Crippen molar-refractivity contribution in [2.45, 2.75) is 39.5 Å². The van der Waals surface area contributed by atoms with Gasteiger partial charge in [0.15, 0.2) is 11.5 Å². The zero-order chi connectivity index (χ0) is 29.0. The van der Waals surface area contributed by atoms with E-state index in [4.69, 9.17) is 15.2 Å². The first kappa shape index (κ1) is 29.6. The molecule has 4 rings (SSSR count). The Morgan fingerprint density at radius 1 is 1.00 bits per heavy atom. The van der Waals surface area contributed by atoms with Gasteiger partial charge >= 0.3 is 0 Å². The number of aromatic hydroxyl groups is 1. The largest absolute Gasteiger partial charge is 0.502 e. The predicted octanol–water partition coefficient (Wildman–Crippen LogP) is 5.48. The topological polar surface area (TPSA) is 116 Å². The molecule has 2 aromatic carbocycles. The number of phenols is 1. The molecule has 1 aliphatic heterocycles. The van der Waals surface area contributed by atoms with Crippen LogP contribution in [-0.4, -0.2) is 66.1 Å². The van der Waals surface area contributed by atoms with Gasteiger partial charge in [-0.15, -0.1) is 0 Å². The molecule has 0 radical (unpaired) electrons. The summed E-state index contributed by atoms with van der Waals surface area (Å²) in [6, 6.07) is 15.2. The lowest BCUT2D eigenvalue weighted by Gasteiger charge is -2.35. The number of ether oxygens (including phenoxy) is 2. The number of rotatable bonds is 13. The Kier molecular flexibility index (Phi) is 10.7. The molecule has 9 heteroatoms. The van der Waals surface area contributed by atoms with E-state index in [2.05, 4.69) is 28.7 Å². The van der Waals surface area contributed by atoms with Crippen LogP contribution < -0.4 is 20.1 Å². The van der Waals surface area contributed by atoms with Crippen molar-refractivity contribution in [3.05, 3.63) is 72.1 Å². The van der Waals surface area contributed by atoms with E-state index in [-0.39, 0.29) is 11.7 Å². The number of nitrogens with one attached hydrogen (secondary N) is 1. The van der Waals surface area contributed by atoms with E-state index in [1.54, 1.807) is 24.3 Å². The Balaban J connectivity index is 1.34. The van der Waals surface area contributed by atoms with Crippen molar-refractivity contribution >= 4 is 29.2 Å². The summed E-state index contributed by atoms with van der Waals surface area (Å²) >= 11 is 0. The number of aromatic amines is 1. The van der Waals surface area contributed by atoms with Gasteiger partial charge in [-0.25, -0.2) is 4.99 Å². The molecule has 0 spiro atoms. The monoisotopic (exact) mass is 559 g/mol. The van der Waals surface area contributed by atoms with Gasteiger partial charge in [-0.3, -0.25) is 4.79 Å². The van der Waals surface area contributed by atoms with Crippen molar-refractivity contribution in [3.8, 4) is 17.2 Å². The van der Waals surface area contributed by atoms with Gasteiger partial charge < -0.3 is 35.1 Å². The van der Waals surface area contributed by atoms with Crippen LogP contribution in [0.15, 0.2) is 65.8 Å². The van der Waals surface area contributed by atoms with Gasteiger partial charge in [0.2, 0.25) is 11.7 Å². The molecule has 1 aromatic heterocycles. The van der Waals surface area contributed by atoms with E-state index in [1.165, 1.54) is 0 Å². The third-order valence-corrected chi connectivity index (χ3v) is 6.92. The van der Waals surface area contributed by atoms with E-state index in [0.717, 1.165) is 61.4 Å². The van der Waals surface area contributed by atoms with Crippen LogP contribution in [0.2, 0.25) is 0 Å². The summed E-state index contributed by atoms with van der Waals surface area (Å²) in [5.74, 6) is 1.13. The number of hydrogen-bond acceptors (Lipinski definition) is 6. The number of nitrogens with two attached hydrogens (primary N) is 1. The van der Waals surface area contributed by atoms with Crippen LogP contribution >= 0.6 is 0 Å². The number of anilines is 1. The zero-order valence-corrected chi connectivity index (χ0v) is 24.0. The number of amides is 1. The number of carbonyl (C=O) groups is 1. The molecule has 0 unspecified atom stereocenters. The summed E-state index contributed by atoms with van der Waals surface area (Å²) < 4.78 is 11.6. The van der Waals surface area contributed by atoms with Crippen molar-refractivity contribution in [2.75, 3.05) is 44.3 Å². The van der Waals surface area contributed by atoms with Crippen molar-refractivity contribution < 1.29 is 19.4 Å². The number of aliphatic imine (C=N–C) groups is 1. The summed E-state index contributed by atoms with van der Waals surface area (Å²) in [7, 11) is 0. The number of benzene rings is 2. The number of amidine groups is 1. The maximum Gasteiger partial charge on any atom is 0.246 e. The first-order valence-electron chi connectivity index (χ1n) is 14.4. The molecule has 1 saturated heterocycles. The molecule has 3 aromatic rings. The normalized spacial score (nSPS) is 14.0. The highest BCUT2D eigenvalue weighted by Gasteiger charge is 2.20. The molecule has 0 bridgehead atoms. The molecule has 0 aliphatic carbocycles. The lowest BCUT2D eigenvalue weighted by molar-refractivity contribution is -0.126. The van der Waals surface area contributed by atoms with E-state index in [1.807, 2.05) is 47.5 Å². The molecular formula is C32H41N5O4. The molecule has 41 heavy (non-hydrogen) atoms. The van der Waals surface area contributed by atoms with Crippen LogP contribution in [0.5, 0.6) is 17.2 Å². The van der Waals surface area contributed by atoms with Crippen LogP contribution in [0.1, 0.15) is 50.8 Å². The molecule has 1 fully saturated rings. The number of hydrogen-bond donors (Lipinski definition) is 3. The molecule has 1 amide bonds. The van der Waals surface area contributed by atoms with Crippen molar-refractivity contribution in [2.24, 2.45) is 10.7 Å². The Labute approximate surface area is 242 Å². The fourth-order valence-electron chi connectivity index (χ4n) is 4.46. The summed E-state index contributed by atoms with van der Waals surface area (Å²) in [5.41, 5.74) is 9.47. The van der Waals surface area contributed by atoms with Crippen LogP contribution in [0.4, 0.5) is 11.4 Å². The van der Waals surface area contributed by atoms with E-state index >= 15 is 0 Å². The number of carbonyl (C=O) groups excluding carboxylic acids is 1. The maximum atomic E-state index is 13.0.